The first-order valence-electron chi connectivity index (χ1n) is 12.6. The van der Waals surface area contributed by atoms with Crippen molar-refractivity contribution >= 4 is 0 Å². The molecule has 2 aromatic carbocycles. The van der Waals surface area contributed by atoms with Gasteiger partial charge in [-0.15, -0.1) is 0 Å². The Balaban J connectivity index is 1.56. The number of benzene rings is 2. The lowest BCUT2D eigenvalue weighted by Gasteiger charge is -2.29. The van der Waals surface area contributed by atoms with E-state index in [1.54, 1.807) is 6.07 Å². The van der Waals surface area contributed by atoms with Crippen molar-refractivity contribution in [3.05, 3.63) is 70.5 Å². The quantitative estimate of drug-likeness (QED) is 0.306. The van der Waals surface area contributed by atoms with E-state index in [1.165, 1.54) is 57.8 Å². The normalized spacial score (nSPS) is 17.7. The molecule has 1 aliphatic carbocycles. The second-order valence-corrected chi connectivity index (χ2v) is 9.19. The first-order valence-corrected chi connectivity index (χ1v) is 12.6. The summed E-state index contributed by atoms with van der Waals surface area (Å²) in [7, 11) is 0. The lowest BCUT2D eigenvalue weighted by Crippen LogP contribution is -2.13. The van der Waals surface area contributed by atoms with Gasteiger partial charge in [0.05, 0.1) is 5.56 Å². The third-order valence-corrected chi connectivity index (χ3v) is 6.64. The predicted molar refractivity (Wildman–Crippen MR) is 134 cm³/mol. The Morgan fingerprint density at radius 3 is 2.12 bits per heavy atom. The minimum absolute atomic E-state index is 0.196. The molecule has 0 aromatic heterocycles. The first-order chi connectivity index (χ1) is 15.7. The number of hydrogen-bond acceptors (Lipinski definition) is 0. The van der Waals surface area contributed by atoms with E-state index >= 15 is 0 Å². The van der Waals surface area contributed by atoms with Crippen LogP contribution in [0.5, 0.6) is 0 Å². The molecule has 0 spiro atoms. The maximum Gasteiger partial charge on any atom is 0.139 e. The predicted octanol–water partition coefficient (Wildman–Crippen LogP) is 8.62. The van der Waals surface area contributed by atoms with E-state index in [0.717, 1.165) is 35.4 Å². The number of hydrogen-bond donors (Lipinski definition) is 0. The van der Waals surface area contributed by atoms with Crippen LogP contribution in [0, 0.1) is 35.4 Å². The van der Waals surface area contributed by atoms with Gasteiger partial charge in [-0.05, 0) is 85.9 Å². The van der Waals surface area contributed by atoms with Gasteiger partial charge in [-0.3, -0.25) is 0 Å². The van der Waals surface area contributed by atoms with Crippen LogP contribution in [0.1, 0.15) is 113 Å². The Kier molecular flexibility index (Phi) is 9.91. The Hall–Kier alpha value is -2.51. The second-order valence-electron chi connectivity index (χ2n) is 9.19. The van der Waals surface area contributed by atoms with Crippen LogP contribution in [0.2, 0.25) is 0 Å². The monoisotopic (exact) mass is 428 g/mol. The van der Waals surface area contributed by atoms with Gasteiger partial charge in [0.25, 0.3) is 0 Å². The van der Waals surface area contributed by atoms with E-state index in [1.807, 2.05) is 30.3 Å². The van der Waals surface area contributed by atoms with E-state index in [0.29, 0.717) is 11.5 Å². The molecule has 0 radical (unpaired) electrons. The van der Waals surface area contributed by atoms with Gasteiger partial charge in [0.15, 0.2) is 0 Å². The summed E-state index contributed by atoms with van der Waals surface area (Å²) in [5.74, 6) is 13.7. The zero-order valence-corrected chi connectivity index (χ0v) is 19.9. The molecule has 1 aliphatic rings. The van der Waals surface area contributed by atoms with Crippen LogP contribution >= 0.6 is 0 Å². The van der Waals surface area contributed by atoms with Gasteiger partial charge >= 0.3 is 0 Å². The fourth-order valence-electron chi connectivity index (χ4n) is 4.56. The van der Waals surface area contributed by atoms with Gasteiger partial charge in [0.2, 0.25) is 0 Å². The smallest absolute Gasteiger partial charge is 0.139 e. The highest BCUT2D eigenvalue weighted by Crippen LogP contribution is 2.38. The summed E-state index contributed by atoms with van der Waals surface area (Å²) in [5.41, 5.74) is 3.51. The highest BCUT2D eigenvalue weighted by Gasteiger charge is 2.22. The summed E-state index contributed by atoms with van der Waals surface area (Å²) >= 11 is 0. The van der Waals surface area contributed by atoms with E-state index in [4.69, 9.17) is 0 Å². The number of rotatable bonds is 7. The van der Waals surface area contributed by atoms with Crippen LogP contribution in [-0.4, -0.2) is 0 Å². The highest BCUT2D eigenvalue weighted by atomic mass is 19.1. The van der Waals surface area contributed by atoms with Gasteiger partial charge in [-0.25, -0.2) is 4.39 Å². The van der Waals surface area contributed by atoms with Crippen molar-refractivity contribution < 1.29 is 4.39 Å². The molecule has 0 heterocycles. The molecule has 1 heteroatoms. The molecule has 0 nitrogen and oxygen atoms in total. The maximum absolute atomic E-state index is 14.7. The van der Waals surface area contributed by atoms with Crippen LogP contribution in [0.3, 0.4) is 0 Å². The molecular formula is C31H37F. The summed E-state index contributed by atoms with van der Waals surface area (Å²) in [4.78, 5) is 0. The van der Waals surface area contributed by atoms with E-state index in [2.05, 4.69) is 43.6 Å². The Morgan fingerprint density at radius 1 is 0.781 bits per heavy atom. The lowest BCUT2D eigenvalue weighted by atomic mass is 9.77. The minimum atomic E-state index is -0.196. The Morgan fingerprint density at radius 2 is 1.47 bits per heavy atom. The van der Waals surface area contributed by atoms with Crippen molar-refractivity contribution in [1.82, 2.24) is 0 Å². The molecule has 0 amide bonds. The van der Waals surface area contributed by atoms with Gasteiger partial charge in [0.1, 0.15) is 5.82 Å². The molecule has 0 atom stereocenters. The SMILES string of the molecule is CCCCC#Cc1ccc(C#Cc2ccc([C@H]3CC[C@H](CCCCC)CC3)cc2F)cc1. The summed E-state index contributed by atoms with van der Waals surface area (Å²) in [6, 6.07) is 13.6. The second kappa shape index (κ2) is 13.1. The molecule has 0 aliphatic heterocycles. The van der Waals surface area contributed by atoms with E-state index < -0.39 is 0 Å². The molecule has 0 N–H and O–H groups in total. The lowest BCUT2D eigenvalue weighted by molar-refractivity contribution is 0.302. The average molecular weight is 429 g/mol. The van der Waals surface area contributed by atoms with E-state index in [9.17, 15) is 4.39 Å². The third-order valence-electron chi connectivity index (χ3n) is 6.64. The van der Waals surface area contributed by atoms with Crippen molar-refractivity contribution in [1.29, 1.82) is 0 Å². The number of halogens is 1. The summed E-state index contributed by atoms with van der Waals surface area (Å²) < 4.78 is 14.7. The van der Waals surface area contributed by atoms with Crippen molar-refractivity contribution in [3.63, 3.8) is 0 Å². The fourth-order valence-corrected chi connectivity index (χ4v) is 4.56. The molecule has 3 rings (SSSR count). The van der Waals surface area contributed by atoms with Crippen molar-refractivity contribution in [2.75, 3.05) is 0 Å². The maximum atomic E-state index is 14.7. The highest BCUT2D eigenvalue weighted by molar-refractivity contribution is 5.47. The molecule has 2 aromatic rings. The zero-order valence-electron chi connectivity index (χ0n) is 19.9. The van der Waals surface area contributed by atoms with Crippen molar-refractivity contribution in [3.8, 4) is 23.7 Å². The van der Waals surface area contributed by atoms with Crippen LogP contribution in [0.4, 0.5) is 4.39 Å². The largest absolute Gasteiger partial charge is 0.206 e. The van der Waals surface area contributed by atoms with Crippen LogP contribution in [-0.2, 0) is 0 Å². The Labute approximate surface area is 195 Å². The molecule has 32 heavy (non-hydrogen) atoms. The standard InChI is InChI=1S/C31H37F/c1-3-5-7-9-11-25-12-14-27(15-13-25)18-21-29-22-23-30(24-31(29)32)28-19-16-26(17-20-28)10-8-6-4-2/h12-15,22-24,26,28H,3-8,10,16-17,19-20H2,1-2H3/t26-,28-. The summed E-state index contributed by atoms with van der Waals surface area (Å²) in [6.45, 7) is 4.44. The third kappa shape index (κ3) is 7.57. The van der Waals surface area contributed by atoms with Crippen LogP contribution in [0.25, 0.3) is 0 Å². The van der Waals surface area contributed by atoms with Crippen LogP contribution < -0.4 is 0 Å². The molecule has 1 fully saturated rings. The molecule has 0 saturated heterocycles. The summed E-state index contributed by atoms with van der Waals surface area (Å²) in [5, 5.41) is 0. The topological polar surface area (TPSA) is 0 Å². The van der Waals surface area contributed by atoms with Crippen LogP contribution in [0.15, 0.2) is 42.5 Å². The minimum Gasteiger partial charge on any atom is -0.206 e. The van der Waals surface area contributed by atoms with Gasteiger partial charge in [0, 0.05) is 17.5 Å². The Bertz CT molecular complexity index is 953. The van der Waals surface area contributed by atoms with Gasteiger partial charge in [-0.2, -0.15) is 0 Å². The van der Waals surface area contributed by atoms with E-state index in [-0.39, 0.29) is 5.82 Å². The fraction of sp³-hybridized carbons (Fsp3) is 0.484. The van der Waals surface area contributed by atoms with Crippen molar-refractivity contribution in [2.45, 2.75) is 90.4 Å². The molecule has 1 saturated carbocycles. The summed E-state index contributed by atoms with van der Waals surface area (Å²) in [6.07, 6.45) is 13.6. The van der Waals surface area contributed by atoms with Crippen molar-refractivity contribution in [2.24, 2.45) is 5.92 Å². The first kappa shape index (κ1) is 24.1. The molecular weight excluding hydrogens is 391 g/mol. The molecule has 0 bridgehead atoms. The van der Waals surface area contributed by atoms with Gasteiger partial charge < -0.3 is 0 Å². The molecule has 0 unspecified atom stereocenters. The van der Waals surface area contributed by atoms with Gasteiger partial charge in [-0.1, -0.05) is 75.7 Å². The zero-order chi connectivity index (χ0) is 22.6. The number of unbranched alkanes of at least 4 members (excludes halogenated alkanes) is 4. The molecule has 168 valence electrons. The average Bonchev–Trinajstić information content (AvgIpc) is 2.82.